The van der Waals surface area contributed by atoms with Crippen molar-refractivity contribution in [2.24, 2.45) is 0 Å². The highest BCUT2D eigenvalue weighted by molar-refractivity contribution is 7.24. The molecular weight excluding hydrogens is 278 g/mol. The first-order valence-electron chi connectivity index (χ1n) is 7.39. The second-order valence-corrected chi connectivity index (χ2v) is 6.30. The van der Waals surface area contributed by atoms with Gasteiger partial charge < -0.3 is 0 Å². The molecule has 3 rings (SSSR count). The summed E-state index contributed by atoms with van der Waals surface area (Å²) in [7, 11) is 0. The van der Waals surface area contributed by atoms with E-state index in [1.807, 2.05) is 24.3 Å². The average molecular weight is 297 g/mol. The minimum absolute atomic E-state index is 0.153. The maximum absolute atomic E-state index is 12.7. The van der Waals surface area contributed by atoms with Crippen molar-refractivity contribution in [1.82, 2.24) is 4.90 Å². The Morgan fingerprint density at radius 2 is 1.67 bits per heavy atom. The van der Waals surface area contributed by atoms with Crippen LogP contribution in [0, 0.1) is 0 Å². The standard InChI is InChI=1S/C18H19NOS/c1-3-19(4-2)12-13-9-10-17-15(11-13)18(20)14-7-5-6-8-16(14)21-17/h5-11H,3-4,12H2,1-2H3. The first-order valence-corrected chi connectivity index (χ1v) is 8.21. The van der Waals surface area contributed by atoms with Gasteiger partial charge in [-0.05, 0) is 42.9 Å². The molecule has 0 saturated carbocycles. The third-order valence-corrected chi connectivity index (χ3v) is 5.09. The SMILES string of the molecule is CCN(CC)Cc1ccc2sc3ccccc3c(=O)c2c1. The summed E-state index contributed by atoms with van der Waals surface area (Å²) in [4.78, 5) is 15.0. The van der Waals surface area contributed by atoms with Gasteiger partial charge in [-0.15, -0.1) is 11.3 Å². The van der Waals surface area contributed by atoms with Gasteiger partial charge in [0.1, 0.15) is 0 Å². The summed E-state index contributed by atoms with van der Waals surface area (Å²) in [6.07, 6.45) is 0. The first kappa shape index (κ1) is 14.2. The van der Waals surface area contributed by atoms with Gasteiger partial charge in [-0.3, -0.25) is 9.69 Å². The van der Waals surface area contributed by atoms with Gasteiger partial charge in [0.05, 0.1) is 0 Å². The number of hydrogen-bond acceptors (Lipinski definition) is 3. The molecule has 0 N–H and O–H groups in total. The van der Waals surface area contributed by atoms with Gasteiger partial charge in [-0.1, -0.05) is 32.0 Å². The van der Waals surface area contributed by atoms with Crippen molar-refractivity contribution in [2.75, 3.05) is 13.1 Å². The highest BCUT2D eigenvalue weighted by atomic mass is 32.1. The van der Waals surface area contributed by atoms with E-state index in [4.69, 9.17) is 0 Å². The monoisotopic (exact) mass is 297 g/mol. The van der Waals surface area contributed by atoms with Crippen LogP contribution in [-0.2, 0) is 6.54 Å². The fourth-order valence-corrected chi connectivity index (χ4v) is 3.71. The minimum atomic E-state index is 0.153. The van der Waals surface area contributed by atoms with E-state index < -0.39 is 0 Å². The van der Waals surface area contributed by atoms with Gasteiger partial charge >= 0.3 is 0 Å². The van der Waals surface area contributed by atoms with Crippen molar-refractivity contribution in [3.05, 3.63) is 58.3 Å². The second kappa shape index (κ2) is 5.96. The maximum Gasteiger partial charge on any atom is 0.195 e. The molecule has 21 heavy (non-hydrogen) atoms. The second-order valence-electron chi connectivity index (χ2n) is 5.22. The largest absolute Gasteiger partial charge is 0.300 e. The van der Waals surface area contributed by atoms with Crippen molar-refractivity contribution in [3.63, 3.8) is 0 Å². The predicted octanol–water partition coefficient (Wildman–Crippen LogP) is 4.26. The van der Waals surface area contributed by atoms with Crippen LogP contribution >= 0.6 is 11.3 Å². The molecule has 108 valence electrons. The number of fused-ring (bicyclic) bond motifs is 2. The van der Waals surface area contributed by atoms with Gasteiger partial charge in [-0.25, -0.2) is 0 Å². The zero-order valence-electron chi connectivity index (χ0n) is 12.4. The summed E-state index contributed by atoms with van der Waals surface area (Å²) in [5.41, 5.74) is 1.37. The van der Waals surface area contributed by atoms with Crippen LogP contribution in [0.5, 0.6) is 0 Å². The van der Waals surface area contributed by atoms with E-state index in [2.05, 4.69) is 36.9 Å². The molecule has 0 unspecified atom stereocenters. The Morgan fingerprint density at radius 1 is 0.952 bits per heavy atom. The lowest BCUT2D eigenvalue weighted by Crippen LogP contribution is -2.22. The van der Waals surface area contributed by atoms with E-state index in [0.29, 0.717) is 0 Å². The third-order valence-electron chi connectivity index (χ3n) is 3.94. The van der Waals surface area contributed by atoms with Crippen molar-refractivity contribution in [1.29, 1.82) is 0 Å². The third kappa shape index (κ3) is 2.71. The van der Waals surface area contributed by atoms with Gasteiger partial charge in [0.2, 0.25) is 0 Å². The van der Waals surface area contributed by atoms with E-state index in [1.165, 1.54) is 5.56 Å². The molecule has 0 saturated heterocycles. The van der Waals surface area contributed by atoms with Crippen LogP contribution < -0.4 is 5.43 Å². The Balaban J connectivity index is 2.14. The van der Waals surface area contributed by atoms with Crippen molar-refractivity contribution in [2.45, 2.75) is 20.4 Å². The Bertz CT molecular complexity index is 833. The minimum Gasteiger partial charge on any atom is -0.300 e. The molecule has 1 aromatic heterocycles. The molecule has 0 bridgehead atoms. The molecule has 1 heterocycles. The van der Waals surface area contributed by atoms with Crippen LogP contribution in [-0.4, -0.2) is 18.0 Å². The molecule has 0 aliphatic rings. The summed E-state index contributed by atoms with van der Waals surface area (Å²) in [6.45, 7) is 7.29. The van der Waals surface area contributed by atoms with Crippen LogP contribution in [0.4, 0.5) is 0 Å². The smallest absolute Gasteiger partial charge is 0.195 e. The van der Waals surface area contributed by atoms with Gasteiger partial charge in [0, 0.05) is 26.7 Å². The summed E-state index contributed by atoms with van der Waals surface area (Å²) in [5, 5.41) is 1.68. The molecule has 3 heteroatoms. The number of rotatable bonds is 4. The van der Waals surface area contributed by atoms with Crippen molar-refractivity contribution in [3.8, 4) is 0 Å². The molecule has 3 aromatic rings. The van der Waals surface area contributed by atoms with Crippen LogP contribution in [0.1, 0.15) is 19.4 Å². The molecule has 0 spiro atoms. The van der Waals surface area contributed by atoms with Crippen LogP contribution in [0.3, 0.4) is 0 Å². The van der Waals surface area contributed by atoms with Gasteiger partial charge in [0.25, 0.3) is 0 Å². The fourth-order valence-electron chi connectivity index (χ4n) is 2.65. The van der Waals surface area contributed by atoms with E-state index in [1.54, 1.807) is 11.3 Å². The summed E-state index contributed by atoms with van der Waals surface area (Å²) in [5.74, 6) is 0. The van der Waals surface area contributed by atoms with Gasteiger partial charge in [0.15, 0.2) is 5.43 Å². The molecule has 2 aromatic carbocycles. The van der Waals surface area contributed by atoms with Crippen molar-refractivity contribution >= 4 is 31.5 Å². The van der Waals surface area contributed by atoms with E-state index in [9.17, 15) is 4.79 Å². The molecule has 2 nitrogen and oxygen atoms in total. The lowest BCUT2D eigenvalue weighted by Gasteiger charge is -2.18. The fraction of sp³-hybridized carbons (Fsp3) is 0.278. The van der Waals surface area contributed by atoms with Crippen LogP contribution in [0.15, 0.2) is 47.3 Å². The lowest BCUT2D eigenvalue weighted by molar-refractivity contribution is 0.296. The Morgan fingerprint density at radius 3 is 2.43 bits per heavy atom. The molecule has 0 aliphatic carbocycles. The number of nitrogens with zero attached hydrogens (tertiary/aromatic N) is 1. The van der Waals surface area contributed by atoms with Crippen molar-refractivity contribution < 1.29 is 0 Å². The number of benzene rings is 2. The molecule has 0 radical (unpaired) electrons. The molecule has 0 amide bonds. The zero-order valence-corrected chi connectivity index (χ0v) is 13.2. The molecule has 0 aliphatic heterocycles. The van der Waals surface area contributed by atoms with E-state index >= 15 is 0 Å². The highest BCUT2D eigenvalue weighted by Gasteiger charge is 2.07. The Kier molecular flexibility index (Phi) is 4.04. The molecule has 0 fully saturated rings. The Labute approximate surface area is 128 Å². The quantitative estimate of drug-likeness (QED) is 0.671. The van der Waals surface area contributed by atoms with E-state index in [0.717, 1.165) is 39.8 Å². The normalized spacial score (nSPS) is 11.6. The van der Waals surface area contributed by atoms with Crippen LogP contribution in [0.25, 0.3) is 20.2 Å². The summed E-state index contributed by atoms with van der Waals surface area (Å²) in [6, 6.07) is 14.2. The molecular formula is C18H19NOS. The Hall–Kier alpha value is -1.71. The average Bonchev–Trinajstić information content (AvgIpc) is 2.53. The summed E-state index contributed by atoms with van der Waals surface area (Å²) < 4.78 is 2.13. The highest BCUT2D eigenvalue weighted by Crippen LogP contribution is 2.25. The van der Waals surface area contributed by atoms with Gasteiger partial charge in [-0.2, -0.15) is 0 Å². The lowest BCUT2D eigenvalue weighted by atomic mass is 10.1. The molecule has 0 atom stereocenters. The first-order chi connectivity index (χ1) is 10.2. The maximum atomic E-state index is 12.7. The summed E-state index contributed by atoms with van der Waals surface area (Å²) >= 11 is 1.69. The predicted molar refractivity (Wildman–Crippen MR) is 92.2 cm³/mol. The van der Waals surface area contributed by atoms with E-state index in [-0.39, 0.29) is 5.43 Å². The van der Waals surface area contributed by atoms with Crippen LogP contribution in [0.2, 0.25) is 0 Å². The topological polar surface area (TPSA) is 20.3 Å². The number of hydrogen-bond donors (Lipinski definition) is 0. The zero-order chi connectivity index (χ0) is 14.8.